The fourth-order valence-electron chi connectivity index (χ4n) is 7.97. The second kappa shape index (κ2) is 47.0. The van der Waals surface area contributed by atoms with Crippen LogP contribution >= 0.6 is 0 Å². The van der Waals surface area contributed by atoms with Crippen molar-refractivity contribution < 1.29 is 37.4 Å². The Morgan fingerprint density at radius 1 is 0.477 bits per heavy atom. The number of alkyl halides is 3. The van der Waals surface area contributed by atoms with Gasteiger partial charge in [-0.05, 0) is 128 Å². The van der Waals surface area contributed by atoms with Crippen LogP contribution in [-0.2, 0) is 30.7 Å². The van der Waals surface area contributed by atoms with Crippen molar-refractivity contribution in [3.05, 3.63) is 312 Å². The molecule has 467 valence electrons. The van der Waals surface area contributed by atoms with E-state index in [9.17, 15) is 13.2 Å². The van der Waals surface area contributed by atoms with Gasteiger partial charge >= 0.3 is 0 Å². The number of halogens is 3. The third-order valence-corrected chi connectivity index (χ3v) is 12.3. The number of hydrogen-bond donors (Lipinski definition) is 0. The minimum Gasteiger partial charge on any atom is -0.533 e. The number of nitrogens with zero attached hydrogens (tertiary/aromatic N) is 3. The van der Waals surface area contributed by atoms with Crippen LogP contribution in [0.1, 0.15) is 176 Å². The van der Waals surface area contributed by atoms with E-state index in [1.54, 1.807) is 6.08 Å². The summed E-state index contributed by atoms with van der Waals surface area (Å²) in [4.78, 5) is 23.9. The van der Waals surface area contributed by atoms with Crippen molar-refractivity contribution >= 4 is 46.8 Å². The van der Waals surface area contributed by atoms with Gasteiger partial charge < -0.3 is 4.79 Å². The van der Waals surface area contributed by atoms with E-state index < -0.39 is 6.18 Å². The molecule has 4 nitrogen and oxygen atoms in total. The second-order valence-corrected chi connectivity index (χ2v) is 21.1. The molecule has 0 unspecified atom stereocenters. The molecule has 0 aliphatic carbocycles. The minimum atomic E-state index is -4.76. The average Bonchev–Trinajstić information content (AvgIpc) is 3.68. The summed E-state index contributed by atoms with van der Waals surface area (Å²) >= 11 is 0. The van der Waals surface area contributed by atoms with Gasteiger partial charge in [-0.2, -0.15) is 6.29 Å². The standard InChI is InChI=1S/C33H43N3.4C9H10.C6H6.C3H6.C2F3O.Rh/c1-20(2)26-14-11-15-27(21(3)4)32(26)34-24(9)30-18-13-19-31(36-30)25(10)35-33-28(22(5)6)16-12-17-29(33)23(7)8;1-8(2)9-6-4-3-5-7-9;3*1-2-6-9-7-4-3-5-8-9;1-2-4-6-5-3-1;1-3-2;3-2(4,5)1-6;/h11-23H,1-10H3;3-7H,1H2,2H3;2*2-8H,1H3;2-5,7-8H,1,6H2;1-6H;3H,1H2,2H3;;/q;;;;;;;-1;/b;;6-2+;6-2-;;;;;. The van der Waals surface area contributed by atoms with E-state index in [0.717, 1.165) is 46.2 Å². The van der Waals surface area contributed by atoms with Crippen LogP contribution in [0.3, 0.4) is 0 Å². The van der Waals surface area contributed by atoms with Crippen molar-refractivity contribution in [2.75, 3.05) is 0 Å². The molecule has 0 spiro atoms. The molecule has 8 aromatic rings. The van der Waals surface area contributed by atoms with Gasteiger partial charge in [-0.3, -0.25) is 9.98 Å². The number of aliphatic imine (C=N–C) groups is 2. The Balaban J connectivity index is 0.00000117. The topological polar surface area (TPSA) is 54.7 Å². The van der Waals surface area contributed by atoms with Gasteiger partial charge in [-0.1, -0.05) is 304 Å². The molecular weight excluding hydrogens is 1180 g/mol. The zero-order valence-corrected chi connectivity index (χ0v) is 56.2. The first-order chi connectivity index (χ1) is 41.6. The smallest absolute Gasteiger partial charge is 0.298 e. The van der Waals surface area contributed by atoms with Gasteiger partial charge in [0.15, 0.2) is 0 Å². The van der Waals surface area contributed by atoms with Gasteiger partial charge in [0, 0.05) is 19.5 Å². The van der Waals surface area contributed by atoms with Crippen LogP contribution in [0.5, 0.6) is 0 Å². The zero-order valence-electron chi connectivity index (χ0n) is 54.5. The summed E-state index contributed by atoms with van der Waals surface area (Å²) in [5, 5.41) is 0. The van der Waals surface area contributed by atoms with Crippen LogP contribution in [0.25, 0.3) is 17.7 Å². The van der Waals surface area contributed by atoms with Gasteiger partial charge in [-0.15, -0.1) is 13.2 Å². The molecule has 0 atom stereocenters. The van der Waals surface area contributed by atoms with Crippen LogP contribution in [-0.4, -0.2) is 28.9 Å². The maximum atomic E-state index is 10.4. The van der Waals surface area contributed by atoms with Crippen LogP contribution < -0.4 is 0 Å². The van der Waals surface area contributed by atoms with Crippen LogP contribution in [0.4, 0.5) is 24.5 Å². The van der Waals surface area contributed by atoms with Crippen molar-refractivity contribution in [1.29, 1.82) is 0 Å². The van der Waals surface area contributed by atoms with Gasteiger partial charge in [0.05, 0.1) is 34.2 Å². The summed E-state index contributed by atoms with van der Waals surface area (Å²) < 4.78 is 31.1. The zero-order chi connectivity index (χ0) is 65.0. The number of carbonyl (C=O) groups excluding carboxylic acids is 1. The molecule has 0 N–H and O–H groups in total. The molecule has 88 heavy (non-hydrogen) atoms. The van der Waals surface area contributed by atoms with Gasteiger partial charge in [0.1, 0.15) is 0 Å². The van der Waals surface area contributed by atoms with E-state index in [1.165, 1.54) is 44.5 Å². The molecule has 0 aliphatic rings. The molecule has 1 aromatic heterocycles. The van der Waals surface area contributed by atoms with Crippen molar-refractivity contribution in [2.45, 2.75) is 133 Å². The Labute approximate surface area is 541 Å². The van der Waals surface area contributed by atoms with Crippen LogP contribution in [0, 0.1) is 0 Å². The summed E-state index contributed by atoms with van der Waals surface area (Å²) in [5.41, 5.74) is 17.1. The fraction of sp³-hybridized carbons (Fsp3) is 0.250. The normalized spacial score (nSPS) is 10.7. The molecule has 0 fully saturated rings. The monoisotopic (exact) mass is 1270 g/mol. The third kappa shape index (κ3) is 34.2. The summed E-state index contributed by atoms with van der Waals surface area (Å²) in [5.74, 6) is 1.61. The summed E-state index contributed by atoms with van der Waals surface area (Å²) in [7, 11) is 0. The quantitative estimate of drug-likeness (QED) is 0.0500. The molecule has 8 heteroatoms. The van der Waals surface area contributed by atoms with Crippen molar-refractivity contribution in [3.63, 3.8) is 0 Å². The number of pyridine rings is 1. The molecule has 0 saturated carbocycles. The number of hydrogen-bond acceptors (Lipinski definition) is 4. The van der Waals surface area contributed by atoms with Gasteiger partial charge in [0.25, 0.3) is 6.18 Å². The van der Waals surface area contributed by atoms with E-state index in [0.29, 0.717) is 23.7 Å². The third-order valence-electron chi connectivity index (χ3n) is 12.3. The molecule has 1 heterocycles. The number of allylic oxidation sites excluding steroid dienone is 5. The van der Waals surface area contributed by atoms with E-state index in [4.69, 9.17) is 19.8 Å². The molecule has 0 bridgehead atoms. The molecule has 0 amide bonds. The van der Waals surface area contributed by atoms with Crippen molar-refractivity contribution in [3.8, 4) is 0 Å². The van der Waals surface area contributed by atoms with E-state index in [1.807, 2.05) is 167 Å². The largest absolute Gasteiger partial charge is 0.533 e. The molecule has 0 saturated heterocycles. The molecule has 8 rings (SSSR count). The van der Waals surface area contributed by atoms with Crippen molar-refractivity contribution in [1.82, 2.24) is 4.98 Å². The van der Waals surface area contributed by atoms with Gasteiger partial charge in [-0.25, -0.2) is 18.2 Å². The number of benzene rings is 7. The number of rotatable bonds is 13. The molecule has 0 aliphatic heterocycles. The van der Waals surface area contributed by atoms with Crippen molar-refractivity contribution in [2.24, 2.45) is 9.98 Å². The van der Waals surface area contributed by atoms with E-state index in [2.05, 4.69) is 192 Å². The Kier molecular flexibility index (Phi) is 42.6. The van der Waals surface area contributed by atoms with Crippen LogP contribution in [0.15, 0.2) is 266 Å². The maximum Gasteiger partial charge on any atom is 0.298 e. The Bertz CT molecular complexity index is 3050. The molecular formula is C80H95F3N3ORh-. The predicted molar refractivity (Wildman–Crippen MR) is 375 cm³/mol. The molecule has 7 aromatic carbocycles. The average molecular weight is 1270 g/mol. The number of aromatic nitrogens is 1. The summed E-state index contributed by atoms with van der Waals surface area (Å²) in [6, 6.07) is 72.2. The molecule has 1 radical (unpaired) electrons. The summed E-state index contributed by atoms with van der Waals surface area (Å²) in [6.45, 7) is 40.7. The Hall–Kier alpha value is -8.19. The number of para-hydroxylation sites is 2. The minimum absolute atomic E-state index is 0. The van der Waals surface area contributed by atoms with Crippen LogP contribution in [0.2, 0.25) is 0 Å². The Morgan fingerprint density at radius 2 is 0.750 bits per heavy atom. The maximum absolute atomic E-state index is 10.4. The summed E-state index contributed by atoms with van der Waals surface area (Å²) in [6.07, 6.45) is 7.97. The first kappa shape index (κ1) is 79.8. The van der Waals surface area contributed by atoms with E-state index in [-0.39, 0.29) is 25.8 Å². The SMILES string of the molecule is C/C=C/c1ccccc1.C/C=C\c1ccccc1.C=C(C)c1ccccc1.C=CC.C=CCc1ccccc1.CC(=Nc1c(C(C)C)cccc1C(C)C)c1cccc(C(C)=Nc2c(C(C)C)cccc2C(C)C)n1.O=[C-]C(F)(F)F.[Rh].c1ccccc1. The first-order valence-electron chi connectivity index (χ1n) is 29.7. The Morgan fingerprint density at radius 3 is 1.00 bits per heavy atom. The predicted octanol–water partition coefficient (Wildman–Crippen LogP) is 24.0. The second-order valence-electron chi connectivity index (χ2n) is 21.1. The fourth-order valence-corrected chi connectivity index (χ4v) is 7.97. The van der Waals surface area contributed by atoms with Gasteiger partial charge in [0.2, 0.25) is 0 Å². The first-order valence-corrected chi connectivity index (χ1v) is 29.7. The van der Waals surface area contributed by atoms with E-state index >= 15 is 0 Å².